The van der Waals surface area contributed by atoms with E-state index in [1.165, 1.54) is 0 Å². The van der Waals surface area contributed by atoms with Gasteiger partial charge in [-0.15, -0.1) is 0 Å². The Kier molecular flexibility index (Phi) is 4.78. The molecule has 0 amide bonds. The standard InChI is InChI=1S/C13H24O2/c1-9(2)13(14)11-5-7-12(8-6-11)15-10(3)4/h9-12H,5-8H2,1-4H3. The van der Waals surface area contributed by atoms with Crippen LogP contribution in [0.3, 0.4) is 0 Å². The number of ketones is 1. The molecule has 0 aromatic rings. The molecule has 0 atom stereocenters. The highest BCUT2D eigenvalue weighted by Crippen LogP contribution is 2.29. The highest BCUT2D eigenvalue weighted by molar-refractivity contribution is 5.82. The van der Waals surface area contributed by atoms with Gasteiger partial charge in [-0.2, -0.15) is 0 Å². The Labute approximate surface area is 93.4 Å². The number of rotatable bonds is 4. The van der Waals surface area contributed by atoms with Gasteiger partial charge in [0.2, 0.25) is 0 Å². The van der Waals surface area contributed by atoms with Crippen LogP contribution < -0.4 is 0 Å². The largest absolute Gasteiger partial charge is 0.376 e. The van der Waals surface area contributed by atoms with Crippen molar-refractivity contribution in [3.8, 4) is 0 Å². The van der Waals surface area contributed by atoms with E-state index in [0.717, 1.165) is 25.7 Å². The summed E-state index contributed by atoms with van der Waals surface area (Å²) in [4.78, 5) is 11.8. The first-order valence-corrected chi connectivity index (χ1v) is 6.20. The van der Waals surface area contributed by atoms with Crippen LogP contribution in [0.5, 0.6) is 0 Å². The summed E-state index contributed by atoms with van der Waals surface area (Å²) in [6.07, 6.45) is 4.86. The van der Waals surface area contributed by atoms with Gasteiger partial charge in [0.15, 0.2) is 0 Å². The van der Waals surface area contributed by atoms with E-state index in [2.05, 4.69) is 13.8 Å². The van der Waals surface area contributed by atoms with Gasteiger partial charge in [0.25, 0.3) is 0 Å². The summed E-state index contributed by atoms with van der Waals surface area (Å²) in [7, 11) is 0. The predicted molar refractivity (Wildman–Crippen MR) is 61.8 cm³/mol. The van der Waals surface area contributed by atoms with E-state index in [4.69, 9.17) is 4.74 Å². The first-order chi connectivity index (χ1) is 7.00. The van der Waals surface area contributed by atoms with E-state index in [0.29, 0.717) is 23.9 Å². The lowest BCUT2D eigenvalue weighted by atomic mass is 9.81. The Bertz CT molecular complexity index is 201. The zero-order valence-electron chi connectivity index (χ0n) is 10.5. The van der Waals surface area contributed by atoms with Crippen molar-refractivity contribution in [1.82, 2.24) is 0 Å². The fourth-order valence-corrected chi connectivity index (χ4v) is 2.34. The molecule has 0 spiro atoms. The molecule has 2 nitrogen and oxygen atoms in total. The normalized spacial score (nSPS) is 27.3. The number of Topliss-reactive ketones (excluding diaryl/α,β-unsaturated/α-hetero) is 1. The molecule has 0 heterocycles. The molecule has 1 aliphatic carbocycles. The van der Waals surface area contributed by atoms with Crippen LogP contribution in [0.15, 0.2) is 0 Å². The Morgan fingerprint density at radius 2 is 1.60 bits per heavy atom. The second kappa shape index (κ2) is 5.64. The molecule has 1 fully saturated rings. The van der Waals surface area contributed by atoms with Crippen LogP contribution in [0.1, 0.15) is 53.4 Å². The van der Waals surface area contributed by atoms with Gasteiger partial charge in [0.05, 0.1) is 12.2 Å². The minimum absolute atomic E-state index is 0.192. The maximum atomic E-state index is 11.8. The molecule has 1 saturated carbocycles. The molecular formula is C13H24O2. The molecule has 2 heteroatoms. The fourth-order valence-electron chi connectivity index (χ4n) is 2.34. The summed E-state index contributed by atoms with van der Waals surface area (Å²) in [6.45, 7) is 8.15. The average molecular weight is 212 g/mol. The molecule has 15 heavy (non-hydrogen) atoms. The van der Waals surface area contributed by atoms with Crippen molar-refractivity contribution in [2.45, 2.75) is 65.6 Å². The molecule has 0 unspecified atom stereocenters. The van der Waals surface area contributed by atoms with Gasteiger partial charge in [0.1, 0.15) is 5.78 Å². The Balaban J connectivity index is 2.32. The lowest BCUT2D eigenvalue weighted by molar-refractivity contribution is -0.128. The van der Waals surface area contributed by atoms with E-state index in [1.807, 2.05) is 13.8 Å². The van der Waals surface area contributed by atoms with E-state index >= 15 is 0 Å². The van der Waals surface area contributed by atoms with Crippen LogP contribution in [-0.4, -0.2) is 18.0 Å². The molecule has 88 valence electrons. The van der Waals surface area contributed by atoms with Gasteiger partial charge in [-0.3, -0.25) is 4.79 Å². The van der Waals surface area contributed by atoms with Gasteiger partial charge in [-0.1, -0.05) is 13.8 Å². The molecule has 0 saturated heterocycles. The molecule has 0 radical (unpaired) electrons. The van der Waals surface area contributed by atoms with Crippen LogP contribution in [0, 0.1) is 11.8 Å². The molecule has 1 rings (SSSR count). The number of carbonyl (C=O) groups excluding carboxylic acids is 1. The molecule has 0 aromatic carbocycles. The maximum Gasteiger partial charge on any atom is 0.138 e. The summed E-state index contributed by atoms with van der Waals surface area (Å²) < 4.78 is 5.77. The SMILES string of the molecule is CC(C)OC1CCC(C(=O)C(C)C)CC1. The summed E-state index contributed by atoms with van der Waals surface area (Å²) in [5, 5.41) is 0. The number of ether oxygens (including phenoxy) is 1. The van der Waals surface area contributed by atoms with Crippen LogP contribution >= 0.6 is 0 Å². The van der Waals surface area contributed by atoms with Crippen molar-refractivity contribution < 1.29 is 9.53 Å². The lowest BCUT2D eigenvalue weighted by Gasteiger charge is -2.29. The summed E-state index contributed by atoms with van der Waals surface area (Å²) in [5.74, 6) is 0.938. The van der Waals surface area contributed by atoms with Crippen molar-refractivity contribution in [3.05, 3.63) is 0 Å². The van der Waals surface area contributed by atoms with Crippen molar-refractivity contribution in [2.75, 3.05) is 0 Å². The second-order valence-corrected chi connectivity index (χ2v) is 5.22. The minimum atomic E-state index is 0.192. The summed E-state index contributed by atoms with van der Waals surface area (Å²) >= 11 is 0. The fraction of sp³-hybridized carbons (Fsp3) is 0.923. The number of hydrogen-bond acceptors (Lipinski definition) is 2. The molecule has 0 bridgehead atoms. The smallest absolute Gasteiger partial charge is 0.138 e. The molecule has 0 N–H and O–H groups in total. The molecular weight excluding hydrogens is 188 g/mol. The third-order valence-electron chi connectivity index (χ3n) is 3.11. The highest BCUT2D eigenvalue weighted by atomic mass is 16.5. The van der Waals surface area contributed by atoms with Crippen molar-refractivity contribution in [2.24, 2.45) is 11.8 Å². The summed E-state index contributed by atoms with van der Waals surface area (Å²) in [6, 6.07) is 0. The van der Waals surface area contributed by atoms with Crippen molar-refractivity contribution in [1.29, 1.82) is 0 Å². The second-order valence-electron chi connectivity index (χ2n) is 5.22. The first kappa shape index (κ1) is 12.7. The van der Waals surface area contributed by atoms with Gasteiger partial charge in [-0.25, -0.2) is 0 Å². The van der Waals surface area contributed by atoms with Crippen molar-refractivity contribution >= 4 is 5.78 Å². The third kappa shape index (κ3) is 3.94. The van der Waals surface area contributed by atoms with Crippen LogP contribution in [0.4, 0.5) is 0 Å². The number of hydrogen-bond donors (Lipinski definition) is 0. The lowest BCUT2D eigenvalue weighted by Crippen LogP contribution is -2.29. The minimum Gasteiger partial charge on any atom is -0.376 e. The predicted octanol–water partition coefficient (Wildman–Crippen LogP) is 3.20. The molecule has 0 aliphatic heterocycles. The van der Waals surface area contributed by atoms with Gasteiger partial charge in [-0.05, 0) is 39.5 Å². The average Bonchev–Trinajstić information content (AvgIpc) is 2.17. The Hall–Kier alpha value is -0.370. The number of carbonyl (C=O) groups is 1. The van der Waals surface area contributed by atoms with Crippen LogP contribution in [0.2, 0.25) is 0 Å². The van der Waals surface area contributed by atoms with Crippen LogP contribution in [-0.2, 0) is 9.53 Å². The quantitative estimate of drug-likeness (QED) is 0.715. The Morgan fingerprint density at radius 3 is 2.00 bits per heavy atom. The zero-order valence-corrected chi connectivity index (χ0v) is 10.5. The first-order valence-electron chi connectivity index (χ1n) is 6.20. The third-order valence-corrected chi connectivity index (χ3v) is 3.11. The molecule has 1 aliphatic rings. The van der Waals surface area contributed by atoms with Gasteiger partial charge >= 0.3 is 0 Å². The van der Waals surface area contributed by atoms with Crippen molar-refractivity contribution in [3.63, 3.8) is 0 Å². The topological polar surface area (TPSA) is 26.3 Å². The zero-order chi connectivity index (χ0) is 11.4. The summed E-state index contributed by atoms with van der Waals surface area (Å²) in [5.41, 5.74) is 0. The van der Waals surface area contributed by atoms with Gasteiger partial charge in [0, 0.05) is 11.8 Å². The molecule has 0 aromatic heterocycles. The Morgan fingerprint density at radius 1 is 1.07 bits per heavy atom. The van der Waals surface area contributed by atoms with E-state index in [9.17, 15) is 4.79 Å². The van der Waals surface area contributed by atoms with E-state index in [-0.39, 0.29) is 5.92 Å². The van der Waals surface area contributed by atoms with E-state index < -0.39 is 0 Å². The van der Waals surface area contributed by atoms with E-state index in [1.54, 1.807) is 0 Å². The van der Waals surface area contributed by atoms with Crippen LogP contribution in [0.25, 0.3) is 0 Å². The maximum absolute atomic E-state index is 11.8. The van der Waals surface area contributed by atoms with Gasteiger partial charge < -0.3 is 4.74 Å². The highest BCUT2D eigenvalue weighted by Gasteiger charge is 2.28. The monoisotopic (exact) mass is 212 g/mol.